The first-order chi connectivity index (χ1) is 10.0. The van der Waals surface area contributed by atoms with Crippen molar-refractivity contribution >= 4 is 27.6 Å². The van der Waals surface area contributed by atoms with Crippen LogP contribution in [0.1, 0.15) is 21.5 Å². The van der Waals surface area contributed by atoms with E-state index < -0.39 is 0 Å². The van der Waals surface area contributed by atoms with E-state index in [4.69, 9.17) is 0 Å². The topological polar surface area (TPSA) is 32.3 Å². The van der Waals surface area contributed by atoms with Gasteiger partial charge in [-0.1, -0.05) is 40.2 Å². The fourth-order valence-electron chi connectivity index (χ4n) is 2.42. The summed E-state index contributed by atoms with van der Waals surface area (Å²) >= 11 is 3.62. The molecular weight excluding hydrogens is 335 g/mol. The molecule has 21 heavy (non-hydrogen) atoms. The number of anilines is 1. The van der Waals surface area contributed by atoms with Gasteiger partial charge in [-0.25, -0.2) is 9.18 Å². The summed E-state index contributed by atoms with van der Waals surface area (Å²) in [6.45, 7) is 0.567. The van der Waals surface area contributed by atoms with E-state index in [1.54, 1.807) is 18.0 Å². The van der Waals surface area contributed by atoms with Crippen molar-refractivity contribution in [3.8, 4) is 0 Å². The zero-order valence-corrected chi connectivity index (χ0v) is 13.0. The largest absolute Gasteiger partial charge is 0.323 e. The van der Waals surface area contributed by atoms with Crippen molar-refractivity contribution in [1.29, 1.82) is 0 Å². The van der Waals surface area contributed by atoms with E-state index in [1.807, 2.05) is 24.3 Å². The van der Waals surface area contributed by atoms with Crippen molar-refractivity contribution in [2.75, 3.05) is 12.4 Å². The van der Waals surface area contributed by atoms with E-state index in [-0.39, 0.29) is 16.7 Å². The summed E-state index contributed by atoms with van der Waals surface area (Å²) in [6.07, 6.45) is 0. The molecular formula is C16H14BrFN2O. The number of fused-ring (bicyclic) bond motifs is 1. The van der Waals surface area contributed by atoms with Crippen LogP contribution in [0.25, 0.3) is 0 Å². The highest BCUT2D eigenvalue weighted by Gasteiger charge is 2.21. The van der Waals surface area contributed by atoms with Crippen LogP contribution in [-0.2, 0) is 6.54 Å². The van der Waals surface area contributed by atoms with Crippen LogP contribution in [0.2, 0.25) is 0 Å². The molecule has 1 atom stereocenters. The van der Waals surface area contributed by atoms with Crippen LogP contribution in [0, 0.1) is 5.82 Å². The highest BCUT2D eigenvalue weighted by atomic mass is 79.9. The van der Waals surface area contributed by atoms with Gasteiger partial charge in [0.2, 0.25) is 0 Å². The lowest BCUT2D eigenvalue weighted by Gasteiger charge is -2.26. The third-order valence-electron chi connectivity index (χ3n) is 3.56. The molecule has 0 aromatic heterocycles. The monoisotopic (exact) mass is 348 g/mol. The number of halogens is 2. The van der Waals surface area contributed by atoms with Gasteiger partial charge in [-0.15, -0.1) is 0 Å². The maximum atomic E-state index is 13.3. The highest BCUT2D eigenvalue weighted by Crippen LogP contribution is 2.34. The quantitative estimate of drug-likeness (QED) is 0.806. The number of nitrogens with one attached hydrogen (secondary N) is 1. The molecule has 0 aliphatic carbocycles. The second-order valence-electron chi connectivity index (χ2n) is 5.12. The molecule has 1 aliphatic heterocycles. The van der Waals surface area contributed by atoms with Crippen LogP contribution >= 0.6 is 15.9 Å². The van der Waals surface area contributed by atoms with Crippen LogP contribution < -0.4 is 5.32 Å². The molecule has 1 aliphatic rings. The third kappa shape index (κ3) is 2.78. The molecule has 2 aromatic carbocycles. The lowest BCUT2D eigenvalue weighted by atomic mass is 10.0. The van der Waals surface area contributed by atoms with Gasteiger partial charge >= 0.3 is 6.03 Å². The summed E-state index contributed by atoms with van der Waals surface area (Å²) in [5, 5.41) is 2.84. The maximum absolute atomic E-state index is 13.3. The number of urea groups is 1. The molecule has 0 fully saturated rings. The summed E-state index contributed by atoms with van der Waals surface area (Å²) in [7, 11) is 1.75. The van der Waals surface area contributed by atoms with Gasteiger partial charge in [-0.05, 0) is 34.9 Å². The van der Waals surface area contributed by atoms with Crippen LogP contribution in [0.15, 0.2) is 42.5 Å². The molecule has 3 rings (SSSR count). The van der Waals surface area contributed by atoms with Gasteiger partial charge in [-0.2, -0.15) is 0 Å². The number of hydrogen-bond acceptors (Lipinski definition) is 1. The second kappa shape index (κ2) is 5.48. The van der Waals surface area contributed by atoms with E-state index in [2.05, 4.69) is 21.2 Å². The fraction of sp³-hybridized carbons (Fsp3) is 0.188. The molecule has 0 saturated carbocycles. The molecule has 0 radical (unpaired) electrons. The van der Waals surface area contributed by atoms with Gasteiger partial charge in [0, 0.05) is 19.3 Å². The fourth-order valence-corrected chi connectivity index (χ4v) is 2.99. The molecule has 3 nitrogen and oxygen atoms in total. The molecule has 1 heterocycles. The molecule has 0 saturated heterocycles. The number of rotatable bonds is 2. The maximum Gasteiger partial charge on any atom is 0.321 e. The number of carbonyl (C=O) groups excluding carboxylic acids is 1. The Hall–Kier alpha value is -1.88. The summed E-state index contributed by atoms with van der Waals surface area (Å²) in [6, 6.07) is 12.3. The summed E-state index contributed by atoms with van der Waals surface area (Å²) < 4.78 is 13.3. The Kier molecular flexibility index (Phi) is 3.68. The standard InChI is InChI=1S/C16H14BrFN2O/c1-20-9-12-7-11(5-6-14(12)19-16(20)21)15(17)10-3-2-4-13(18)8-10/h2-8,15H,9H2,1H3,(H,19,21). The Labute approximate surface area is 130 Å². The minimum absolute atomic E-state index is 0.0820. The number of amides is 2. The number of benzene rings is 2. The molecule has 0 bridgehead atoms. The third-order valence-corrected chi connectivity index (χ3v) is 4.62. The summed E-state index contributed by atoms with van der Waals surface area (Å²) in [5.41, 5.74) is 3.78. The highest BCUT2D eigenvalue weighted by molar-refractivity contribution is 9.09. The molecule has 108 valence electrons. The minimum atomic E-state index is -0.248. The Morgan fingerprint density at radius 2 is 2.00 bits per heavy atom. The Balaban J connectivity index is 1.93. The van der Waals surface area contributed by atoms with Crippen LogP contribution in [-0.4, -0.2) is 18.0 Å². The SMILES string of the molecule is CN1Cc2cc(C(Br)c3cccc(F)c3)ccc2NC1=O. The Morgan fingerprint density at radius 1 is 1.24 bits per heavy atom. The predicted molar refractivity (Wildman–Crippen MR) is 84.1 cm³/mol. The second-order valence-corrected chi connectivity index (χ2v) is 6.04. The Morgan fingerprint density at radius 3 is 2.76 bits per heavy atom. The van der Waals surface area contributed by atoms with Gasteiger partial charge in [0.05, 0.1) is 4.83 Å². The predicted octanol–water partition coefficient (Wildman–Crippen LogP) is 4.29. The van der Waals surface area contributed by atoms with Gasteiger partial charge < -0.3 is 10.2 Å². The first-order valence-electron chi connectivity index (χ1n) is 6.59. The van der Waals surface area contributed by atoms with Crippen molar-refractivity contribution in [2.45, 2.75) is 11.4 Å². The zero-order valence-electron chi connectivity index (χ0n) is 11.4. The van der Waals surface area contributed by atoms with E-state index in [1.165, 1.54) is 12.1 Å². The van der Waals surface area contributed by atoms with Crippen LogP contribution in [0.3, 0.4) is 0 Å². The van der Waals surface area contributed by atoms with Crippen LogP contribution in [0.5, 0.6) is 0 Å². The normalized spacial score (nSPS) is 15.4. The van der Waals surface area contributed by atoms with Crippen molar-refractivity contribution in [3.05, 3.63) is 65.0 Å². The first-order valence-corrected chi connectivity index (χ1v) is 7.50. The smallest absolute Gasteiger partial charge is 0.321 e. The minimum Gasteiger partial charge on any atom is -0.323 e. The van der Waals surface area contributed by atoms with Crippen molar-refractivity contribution in [3.63, 3.8) is 0 Å². The van der Waals surface area contributed by atoms with Gasteiger partial charge in [0.25, 0.3) is 0 Å². The van der Waals surface area contributed by atoms with Crippen molar-refractivity contribution < 1.29 is 9.18 Å². The van der Waals surface area contributed by atoms with E-state index in [0.717, 1.165) is 22.4 Å². The average molecular weight is 349 g/mol. The lowest BCUT2D eigenvalue weighted by Crippen LogP contribution is -2.35. The van der Waals surface area contributed by atoms with Crippen molar-refractivity contribution in [1.82, 2.24) is 4.90 Å². The van der Waals surface area contributed by atoms with Crippen molar-refractivity contribution in [2.24, 2.45) is 0 Å². The summed E-state index contributed by atoms with van der Waals surface area (Å²) in [4.78, 5) is 13.1. The number of carbonyl (C=O) groups is 1. The van der Waals surface area contributed by atoms with Gasteiger partial charge in [0.1, 0.15) is 5.82 Å². The average Bonchev–Trinajstić information content (AvgIpc) is 2.47. The first kappa shape index (κ1) is 14.1. The Bertz CT molecular complexity index is 704. The molecule has 1 unspecified atom stereocenters. The molecule has 2 amide bonds. The van der Waals surface area contributed by atoms with E-state index >= 15 is 0 Å². The van der Waals surface area contributed by atoms with E-state index in [9.17, 15) is 9.18 Å². The van der Waals surface area contributed by atoms with Gasteiger partial charge in [-0.3, -0.25) is 0 Å². The summed E-state index contributed by atoms with van der Waals surface area (Å²) in [5.74, 6) is -0.248. The molecule has 2 aromatic rings. The van der Waals surface area contributed by atoms with E-state index in [0.29, 0.717) is 6.54 Å². The lowest BCUT2D eigenvalue weighted by molar-refractivity contribution is 0.218. The van der Waals surface area contributed by atoms with Gasteiger partial charge in [0.15, 0.2) is 0 Å². The number of hydrogen-bond donors (Lipinski definition) is 1. The van der Waals surface area contributed by atoms with Crippen LogP contribution in [0.4, 0.5) is 14.9 Å². The molecule has 5 heteroatoms. The molecule has 1 N–H and O–H groups in total. The number of alkyl halides is 1. The zero-order chi connectivity index (χ0) is 15.0. The molecule has 0 spiro atoms. The number of nitrogens with zero attached hydrogens (tertiary/aromatic N) is 1.